The maximum atomic E-state index is 12.6. The molecule has 5 aliphatic heterocycles. The topological polar surface area (TPSA) is 159 Å². The fourth-order valence-electron chi connectivity index (χ4n) is 12.4. The van der Waals surface area contributed by atoms with Crippen molar-refractivity contribution in [3.8, 4) is 12.0 Å². The normalized spacial score (nSPS) is 18.7. The van der Waals surface area contributed by atoms with E-state index in [9.17, 15) is 14.4 Å². The lowest BCUT2D eigenvalue weighted by Crippen LogP contribution is -2.56. The molecule has 0 saturated carbocycles. The van der Waals surface area contributed by atoms with Crippen molar-refractivity contribution < 1.29 is 23.9 Å². The largest absolute Gasteiger partial charge is 0.462 e. The zero-order chi connectivity index (χ0) is 61.4. The molecule has 20 heteroatoms. The molecule has 2 aromatic heterocycles. The summed E-state index contributed by atoms with van der Waals surface area (Å²) in [6, 6.07) is 30.0. The number of carbonyl (C=O) groups excluding carboxylic acids is 3. The Hall–Kier alpha value is -8.85. The third kappa shape index (κ3) is 13.7. The Balaban J connectivity index is 0.000000194. The number of carbonyl (C=O) groups is 3. The molecule has 3 saturated heterocycles. The van der Waals surface area contributed by atoms with Crippen LogP contribution in [0.1, 0.15) is 49.2 Å². The van der Waals surface area contributed by atoms with E-state index in [-0.39, 0.29) is 54.5 Å². The molecule has 3 fully saturated rings. The van der Waals surface area contributed by atoms with Crippen LogP contribution in [-0.2, 0) is 40.3 Å². The molecule has 0 spiro atoms. The average Bonchev–Trinajstić information content (AvgIpc) is 2.17. The van der Waals surface area contributed by atoms with Gasteiger partial charge in [-0.1, -0.05) is 86.0 Å². The predicted octanol–water partition coefficient (Wildman–Crippen LogP) is 7.28. The lowest BCUT2D eigenvalue weighted by atomic mass is 10.0. The van der Waals surface area contributed by atoms with Gasteiger partial charge in [0.05, 0.1) is 31.0 Å². The van der Waals surface area contributed by atoms with Gasteiger partial charge >= 0.3 is 12.0 Å². The highest BCUT2D eigenvalue weighted by molar-refractivity contribution is 5.95. The highest BCUT2D eigenvalue weighted by Gasteiger charge is 2.38. The number of likely N-dealkylation sites (N-methyl/N-ethyl adjacent to an activating group) is 2. The first-order valence-electron chi connectivity index (χ1n) is 30.2. The second-order valence-corrected chi connectivity index (χ2v) is 24.1. The van der Waals surface area contributed by atoms with Gasteiger partial charge in [0.15, 0.2) is 0 Å². The molecule has 3 atom stereocenters. The van der Waals surface area contributed by atoms with Crippen molar-refractivity contribution in [2.75, 3.05) is 140 Å². The summed E-state index contributed by atoms with van der Waals surface area (Å²) >= 11 is 0. The summed E-state index contributed by atoms with van der Waals surface area (Å²) < 4.78 is 12.6. The van der Waals surface area contributed by atoms with Crippen LogP contribution in [0.25, 0.3) is 31.2 Å². The fraction of sp³-hybridized carbons (Fsp3) is 0.448. The smallest absolute Gasteiger partial charge is 0.318 e. The Morgan fingerprint density at radius 3 is 1.57 bits per heavy atom. The molecule has 87 heavy (non-hydrogen) atoms. The number of anilines is 4. The van der Waals surface area contributed by atoms with Crippen LogP contribution < -0.4 is 29.1 Å². The third-order valence-electron chi connectivity index (χ3n) is 17.9. The monoisotopic (exact) mass is 1180 g/mol. The number of rotatable bonds is 17. The number of benzene rings is 4. The maximum absolute atomic E-state index is 12.6. The molecule has 2 unspecified atom stereocenters. The van der Waals surface area contributed by atoms with E-state index >= 15 is 0 Å². The van der Waals surface area contributed by atoms with Crippen LogP contribution in [0.2, 0.25) is 0 Å². The lowest BCUT2D eigenvalue weighted by molar-refractivity contribution is -0.130. The standard InChI is InChI=1S/C35H42N8O3.C32H39N7O2/c1-5-32(44)43-19-18-42(21-27(43)20-36-2)34-29-15-17-41(31-14-8-11-25-10-6-7-13-28(25)31)22-30(29)37-35(38-34)46-24-26-12-9-16-40(26)23-33(45)39(3)4;1-7-29(40)39-18-17-38(20-24(39)19-33-4)30-26-15-16-37(28-14-10-12-23-11-8-9-13-25(23)28)21-27(26)34-31(35-30)41-22-32(2,3)36(5)6/h5-8,10-11,13-14,26-27H,1,9,12,15-24H2,3-4H3;7-14,24H,1,15-22H2,2-3,5-6H3/t26-,27?;/m0./s1. The molecular formula is C67H81N15O5. The van der Waals surface area contributed by atoms with Crippen molar-refractivity contribution in [2.45, 2.75) is 76.3 Å². The molecule has 20 nitrogen and oxygen atoms in total. The maximum Gasteiger partial charge on any atom is 0.318 e. The van der Waals surface area contributed by atoms with Crippen LogP contribution in [-0.4, -0.2) is 206 Å². The van der Waals surface area contributed by atoms with Crippen LogP contribution in [0.4, 0.5) is 23.0 Å². The first kappa shape index (κ1) is 61.2. The van der Waals surface area contributed by atoms with Crippen molar-refractivity contribution in [3.05, 3.63) is 156 Å². The SMILES string of the molecule is [C-]#[N+]CC1CN(c2nc(OCC(C)(C)N(C)C)nc3c2CCN(c2cccc4ccccc24)C3)CCN1C(=O)C=C.[C-]#[N+]CC1CN(c2nc(OC[C@@H]3CCCN3CC(=O)N(C)C)nc3c2CCN(c2cccc4ccccc24)C3)CCN1C(=O)C=C. The molecule has 5 aliphatic rings. The van der Waals surface area contributed by atoms with Gasteiger partial charge in [-0.05, 0) is 95.2 Å². The van der Waals surface area contributed by atoms with Crippen LogP contribution in [0.5, 0.6) is 12.0 Å². The summed E-state index contributed by atoms with van der Waals surface area (Å²) in [6.07, 6.45) is 6.17. The van der Waals surface area contributed by atoms with E-state index in [0.717, 1.165) is 79.5 Å². The van der Waals surface area contributed by atoms with Crippen LogP contribution in [0, 0.1) is 13.1 Å². The van der Waals surface area contributed by atoms with Gasteiger partial charge in [-0.2, -0.15) is 19.9 Å². The zero-order valence-electron chi connectivity index (χ0n) is 51.3. The van der Waals surface area contributed by atoms with Crippen LogP contribution in [0.15, 0.2) is 110 Å². The van der Waals surface area contributed by atoms with E-state index in [2.05, 4.69) is 151 Å². The van der Waals surface area contributed by atoms with Crippen LogP contribution >= 0.6 is 0 Å². The van der Waals surface area contributed by atoms with Gasteiger partial charge in [-0.15, -0.1) is 0 Å². The average molecular weight is 1180 g/mol. The van der Waals surface area contributed by atoms with E-state index in [1.165, 1.54) is 45.1 Å². The van der Waals surface area contributed by atoms with Gasteiger partial charge in [-0.3, -0.25) is 19.3 Å². The second-order valence-electron chi connectivity index (χ2n) is 24.1. The molecule has 3 amide bonds. The highest BCUT2D eigenvalue weighted by atomic mass is 16.5. The summed E-state index contributed by atoms with van der Waals surface area (Å²) in [6.45, 7) is 35.2. The number of fused-ring (bicyclic) bond motifs is 4. The number of hydrogen-bond acceptors (Lipinski definition) is 15. The van der Waals surface area contributed by atoms with E-state index in [4.69, 9.17) is 42.6 Å². The fourth-order valence-corrected chi connectivity index (χ4v) is 12.4. The summed E-state index contributed by atoms with van der Waals surface area (Å²) in [5.41, 5.74) is 6.26. The second kappa shape index (κ2) is 27.2. The van der Waals surface area contributed by atoms with E-state index in [1.54, 1.807) is 28.8 Å². The molecule has 0 bridgehead atoms. The quantitative estimate of drug-likeness (QED) is 0.0662. The van der Waals surface area contributed by atoms with Crippen molar-refractivity contribution >= 4 is 62.3 Å². The number of hydrogen-bond donors (Lipinski definition) is 0. The van der Waals surface area contributed by atoms with Crippen molar-refractivity contribution in [1.82, 2.24) is 44.4 Å². The van der Waals surface area contributed by atoms with Crippen molar-refractivity contribution in [3.63, 3.8) is 0 Å². The van der Waals surface area contributed by atoms with E-state index in [0.29, 0.717) is 84.1 Å². The molecule has 6 aromatic rings. The molecule has 0 radical (unpaired) electrons. The van der Waals surface area contributed by atoms with Crippen molar-refractivity contribution in [1.29, 1.82) is 0 Å². The predicted molar refractivity (Wildman–Crippen MR) is 342 cm³/mol. The molecule has 0 aliphatic carbocycles. The minimum Gasteiger partial charge on any atom is -0.462 e. The summed E-state index contributed by atoms with van der Waals surface area (Å²) in [7, 11) is 7.63. The Kier molecular flexibility index (Phi) is 19.2. The number of amides is 3. The Labute approximate surface area is 511 Å². The number of ether oxygens (including phenoxy) is 2. The van der Waals surface area contributed by atoms with Crippen LogP contribution in [0.3, 0.4) is 0 Å². The number of nitrogens with zero attached hydrogens (tertiary/aromatic N) is 15. The van der Waals surface area contributed by atoms with E-state index in [1.807, 2.05) is 14.1 Å². The summed E-state index contributed by atoms with van der Waals surface area (Å²) in [5.74, 6) is 1.47. The molecule has 11 rings (SSSR count). The summed E-state index contributed by atoms with van der Waals surface area (Å²) in [5, 5.41) is 4.84. The highest BCUT2D eigenvalue weighted by Crippen LogP contribution is 2.37. The zero-order valence-corrected chi connectivity index (χ0v) is 51.3. The van der Waals surface area contributed by atoms with Gasteiger partial charge in [0.1, 0.15) is 36.9 Å². The molecule has 0 N–H and O–H groups in total. The van der Waals surface area contributed by atoms with Gasteiger partial charge in [0, 0.05) is 111 Å². The minimum absolute atomic E-state index is 0.0794. The molecule has 454 valence electrons. The van der Waals surface area contributed by atoms with Crippen molar-refractivity contribution in [2.24, 2.45) is 0 Å². The first-order valence-corrected chi connectivity index (χ1v) is 30.2. The van der Waals surface area contributed by atoms with Gasteiger partial charge in [0.25, 0.3) is 0 Å². The Morgan fingerprint density at radius 1 is 0.621 bits per heavy atom. The number of likely N-dealkylation sites (tertiary alicyclic amines) is 1. The third-order valence-corrected chi connectivity index (χ3v) is 17.9. The lowest BCUT2D eigenvalue weighted by Gasteiger charge is -2.41. The molecular weight excluding hydrogens is 1090 g/mol. The summed E-state index contributed by atoms with van der Waals surface area (Å²) in [4.78, 5) is 83.3. The van der Waals surface area contributed by atoms with E-state index < -0.39 is 0 Å². The minimum atomic E-state index is -0.260. The molecule has 7 heterocycles. The molecule has 4 aromatic carbocycles. The Morgan fingerprint density at radius 2 is 1.10 bits per heavy atom. The first-order chi connectivity index (χ1) is 42.1. The van der Waals surface area contributed by atoms with Gasteiger partial charge in [-0.25, -0.2) is 13.1 Å². The number of piperazine rings is 2. The van der Waals surface area contributed by atoms with Gasteiger partial charge < -0.3 is 58.4 Å². The number of aromatic nitrogens is 4. The Bertz CT molecular complexity index is 3590. The van der Waals surface area contributed by atoms with Gasteiger partial charge in [0.2, 0.25) is 30.8 Å².